The van der Waals surface area contributed by atoms with Crippen LogP contribution >= 0.6 is 15.9 Å². The van der Waals surface area contributed by atoms with Crippen molar-refractivity contribution in [1.29, 1.82) is 5.26 Å². The normalized spacial score (nSPS) is 10.8. The molecule has 1 N–H and O–H groups in total. The Hall–Kier alpha value is -4.16. The Bertz CT molecular complexity index is 1280. The summed E-state index contributed by atoms with van der Waals surface area (Å²) in [4.78, 5) is 22.9. The number of anilines is 1. The number of carbonyl (C=O) groups is 1. The van der Waals surface area contributed by atoms with E-state index in [1.807, 2.05) is 37.3 Å². The maximum Gasteiger partial charge on any atom is 0.271 e. The first-order valence-electron chi connectivity index (χ1n) is 10.2. The number of nitro benzene ring substituents is 1. The summed E-state index contributed by atoms with van der Waals surface area (Å²) in [5.41, 5.74) is 1.41. The van der Waals surface area contributed by atoms with Crippen molar-refractivity contribution in [3.05, 3.63) is 98.0 Å². The molecule has 0 heterocycles. The van der Waals surface area contributed by atoms with E-state index in [2.05, 4.69) is 21.2 Å². The van der Waals surface area contributed by atoms with Crippen LogP contribution in [0.5, 0.6) is 11.5 Å². The van der Waals surface area contributed by atoms with Crippen molar-refractivity contribution in [2.75, 3.05) is 11.9 Å². The topological polar surface area (TPSA) is 114 Å². The second-order valence-electron chi connectivity index (χ2n) is 6.95. The molecule has 0 saturated carbocycles. The zero-order valence-electron chi connectivity index (χ0n) is 18.2. The number of benzene rings is 3. The fraction of sp³-hybridized carbons (Fsp3) is 0.120. The van der Waals surface area contributed by atoms with Gasteiger partial charge >= 0.3 is 0 Å². The second-order valence-corrected chi connectivity index (χ2v) is 7.80. The van der Waals surface area contributed by atoms with Crippen LogP contribution in [-0.2, 0) is 11.4 Å². The summed E-state index contributed by atoms with van der Waals surface area (Å²) in [6, 6.07) is 20.2. The zero-order chi connectivity index (χ0) is 24.5. The lowest BCUT2D eigenvalue weighted by Crippen LogP contribution is -2.13. The van der Waals surface area contributed by atoms with E-state index >= 15 is 0 Å². The number of nitrogens with one attached hydrogen (secondary N) is 1. The molecule has 0 aliphatic rings. The maximum absolute atomic E-state index is 12.6. The van der Waals surface area contributed by atoms with Crippen LogP contribution in [0.2, 0.25) is 0 Å². The van der Waals surface area contributed by atoms with Crippen molar-refractivity contribution < 1.29 is 19.2 Å². The smallest absolute Gasteiger partial charge is 0.271 e. The van der Waals surface area contributed by atoms with Crippen LogP contribution in [0.1, 0.15) is 18.1 Å². The largest absolute Gasteiger partial charge is 0.490 e. The molecule has 0 spiro atoms. The van der Waals surface area contributed by atoms with Crippen LogP contribution in [-0.4, -0.2) is 17.4 Å². The minimum Gasteiger partial charge on any atom is -0.490 e. The molecule has 0 bridgehead atoms. The lowest BCUT2D eigenvalue weighted by atomic mass is 10.1. The highest BCUT2D eigenvalue weighted by molar-refractivity contribution is 9.10. The number of rotatable bonds is 9. The van der Waals surface area contributed by atoms with Crippen LogP contribution in [0, 0.1) is 21.4 Å². The monoisotopic (exact) mass is 521 g/mol. The zero-order valence-corrected chi connectivity index (χ0v) is 19.7. The molecule has 34 heavy (non-hydrogen) atoms. The predicted molar refractivity (Wildman–Crippen MR) is 131 cm³/mol. The van der Waals surface area contributed by atoms with Gasteiger partial charge in [-0.3, -0.25) is 14.9 Å². The molecule has 0 aromatic heterocycles. The average molecular weight is 522 g/mol. The molecule has 0 unspecified atom stereocenters. The molecule has 0 aliphatic heterocycles. The van der Waals surface area contributed by atoms with E-state index in [4.69, 9.17) is 9.47 Å². The van der Waals surface area contributed by atoms with E-state index in [-0.39, 0.29) is 16.9 Å². The van der Waals surface area contributed by atoms with Gasteiger partial charge in [0.25, 0.3) is 11.6 Å². The summed E-state index contributed by atoms with van der Waals surface area (Å²) in [6.45, 7) is 2.57. The molecule has 9 heteroatoms. The van der Waals surface area contributed by atoms with E-state index in [9.17, 15) is 20.2 Å². The van der Waals surface area contributed by atoms with Crippen molar-refractivity contribution >= 4 is 39.3 Å². The first-order chi connectivity index (χ1) is 16.4. The standard InChI is InChI=1S/C25H20BrN3O5/c1-2-33-24-13-17(10-11-23(24)34-16-18-6-3-4-9-22(18)26)12-19(15-27)25(30)28-20-7-5-8-21(14-20)29(31)32/h3-14H,2,16H2,1H3,(H,28,30)/b19-12+. The van der Waals surface area contributed by atoms with Crippen LogP contribution in [0.4, 0.5) is 11.4 Å². The fourth-order valence-electron chi connectivity index (χ4n) is 2.98. The highest BCUT2D eigenvalue weighted by Gasteiger charge is 2.14. The first kappa shape index (κ1) is 24.5. The number of hydrogen-bond acceptors (Lipinski definition) is 6. The minimum absolute atomic E-state index is 0.167. The molecule has 8 nitrogen and oxygen atoms in total. The van der Waals surface area contributed by atoms with Crippen LogP contribution in [0.25, 0.3) is 6.08 Å². The number of halogens is 1. The highest BCUT2D eigenvalue weighted by atomic mass is 79.9. The van der Waals surface area contributed by atoms with E-state index in [1.54, 1.807) is 18.2 Å². The summed E-state index contributed by atoms with van der Waals surface area (Å²) in [6.07, 6.45) is 1.41. The van der Waals surface area contributed by atoms with Gasteiger partial charge in [-0.05, 0) is 42.8 Å². The third kappa shape index (κ3) is 6.43. The molecule has 3 rings (SSSR count). The van der Waals surface area contributed by atoms with Crippen molar-refractivity contribution in [3.63, 3.8) is 0 Å². The van der Waals surface area contributed by atoms with Gasteiger partial charge in [0.05, 0.1) is 11.5 Å². The van der Waals surface area contributed by atoms with Crippen molar-refractivity contribution in [3.8, 4) is 17.6 Å². The Balaban J connectivity index is 1.79. The number of nitro groups is 1. The van der Waals surface area contributed by atoms with Gasteiger partial charge in [0.15, 0.2) is 11.5 Å². The van der Waals surface area contributed by atoms with Gasteiger partial charge < -0.3 is 14.8 Å². The van der Waals surface area contributed by atoms with Gasteiger partial charge in [-0.15, -0.1) is 0 Å². The third-order valence-electron chi connectivity index (χ3n) is 4.60. The molecule has 0 aliphatic carbocycles. The summed E-state index contributed by atoms with van der Waals surface area (Å²) >= 11 is 3.49. The molecular formula is C25H20BrN3O5. The van der Waals surface area contributed by atoms with Crippen LogP contribution < -0.4 is 14.8 Å². The molecule has 3 aromatic carbocycles. The molecule has 1 amide bonds. The second kappa shape index (κ2) is 11.6. The summed E-state index contributed by atoms with van der Waals surface area (Å²) in [5, 5.41) is 22.9. The van der Waals surface area contributed by atoms with Gasteiger partial charge in [0, 0.05) is 27.9 Å². The Kier molecular flexibility index (Phi) is 8.37. The van der Waals surface area contributed by atoms with Crippen molar-refractivity contribution in [2.24, 2.45) is 0 Å². The number of amides is 1. The van der Waals surface area contributed by atoms with Gasteiger partial charge in [-0.2, -0.15) is 5.26 Å². The van der Waals surface area contributed by atoms with Gasteiger partial charge in [-0.1, -0.05) is 46.3 Å². The van der Waals surface area contributed by atoms with Gasteiger partial charge in [0.2, 0.25) is 0 Å². The number of nitrogens with zero attached hydrogens (tertiary/aromatic N) is 2. The van der Waals surface area contributed by atoms with Gasteiger partial charge in [-0.25, -0.2) is 0 Å². The fourth-order valence-corrected chi connectivity index (χ4v) is 3.38. The minimum atomic E-state index is -0.685. The average Bonchev–Trinajstić information content (AvgIpc) is 2.83. The molecule has 0 saturated heterocycles. The van der Waals surface area contributed by atoms with E-state index in [0.717, 1.165) is 10.0 Å². The lowest BCUT2D eigenvalue weighted by molar-refractivity contribution is -0.384. The van der Waals surface area contributed by atoms with Gasteiger partial charge in [0.1, 0.15) is 18.2 Å². The van der Waals surface area contributed by atoms with E-state index < -0.39 is 10.8 Å². The number of nitriles is 1. The molecular weight excluding hydrogens is 502 g/mol. The Morgan fingerprint density at radius 1 is 1.12 bits per heavy atom. The SMILES string of the molecule is CCOc1cc(/C=C(\C#N)C(=O)Nc2cccc([N+](=O)[O-])c2)ccc1OCc1ccccc1Br. The van der Waals surface area contributed by atoms with E-state index in [0.29, 0.717) is 30.3 Å². The van der Waals surface area contributed by atoms with Crippen molar-refractivity contribution in [1.82, 2.24) is 0 Å². The third-order valence-corrected chi connectivity index (χ3v) is 5.37. The molecule has 3 aromatic rings. The number of ether oxygens (including phenoxy) is 2. The predicted octanol–water partition coefficient (Wildman–Crippen LogP) is 5.88. The van der Waals surface area contributed by atoms with E-state index in [1.165, 1.54) is 30.3 Å². The maximum atomic E-state index is 12.6. The highest BCUT2D eigenvalue weighted by Crippen LogP contribution is 2.31. The quantitative estimate of drug-likeness (QED) is 0.162. The summed E-state index contributed by atoms with van der Waals surface area (Å²) in [5.74, 6) is 0.309. The molecule has 0 fully saturated rings. The number of hydrogen-bond donors (Lipinski definition) is 1. The molecule has 0 radical (unpaired) electrons. The summed E-state index contributed by atoms with van der Waals surface area (Å²) < 4.78 is 12.5. The number of carbonyl (C=O) groups excluding carboxylic acids is 1. The molecule has 0 atom stereocenters. The van der Waals surface area contributed by atoms with Crippen molar-refractivity contribution in [2.45, 2.75) is 13.5 Å². The molecule has 172 valence electrons. The lowest BCUT2D eigenvalue weighted by Gasteiger charge is -2.13. The summed E-state index contributed by atoms with van der Waals surface area (Å²) in [7, 11) is 0. The van der Waals surface area contributed by atoms with Crippen LogP contribution in [0.3, 0.4) is 0 Å². The van der Waals surface area contributed by atoms with Crippen LogP contribution in [0.15, 0.2) is 76.8 Å². The Labute approximate surface area is 204 Å². The number of non-ortho nitro benzene ring substituents is 1. The Morgan fingerprint density at radius 2 is 1.91 bits per heavy atom. The Morgan fingerprint density at radius 3 is 2.62 bits per heavy atom. The first-order valence-corrected chi connectivity index (χ1v) is 11.0.